The van der Waals surface area contributed by atoms with Gasteiger partial charge in [0.1, 0.15) is 11.9 Å². The Morgan fingerprint density at radius 3 is 2.31 bits per heavy atom. The largest absolute Gasteiger partial charge is 0.493 e. The molecule has 0 radical (unpaired) electrons. The van der Waals surface area contributed by atoms with E-state index in [4.69, 9.17) is 19.6 Å². The van der Waals surface area contributed by atoms with E-state index in [1.54, 1.807) is 12.1 Å². The molecule has 2 heterocycles. The van der Waals surface area contributed by atoms with Crippen molar-refractivity contribution < 1.29 is 14.2 Å². The normalized spacial score (nSPS) is 32.4. The van der Waals surface area contributed by atoms with Crippen LogP contribution in [0.5, 0.6) is 5.75 Å². The Morgan fingerprint density at radius 1 is 1.03 bits per heavy atom. The van der Waals surface area contributed by atoms with Gasteiger partial charge in [-0.25, -0.2) is 0 Å². The van der Waals surface area contributed by atoms with Crippen LogP contribution in [0.1, 0.15) is 82.8 Å². The minimum atomic E-state index is -1.98. The second-order valence-corrected chi connectivity index (χ2v) is 10.6. The van der Waals surface area contributed by atoms with Crippen LogP contribution in [0.4, 0.5) is 0 Å². The van der Waals surface area contributed by atoms with Gasteiger partial charge in [0, 0.05) is 16.5 Å². The Bertz CT molecular complexity index is 1090. The third kappa shape index (κ3) is 3.90. The fourth-order valence-electron chi connectivity index (χ4n) is 6.21. The second kappa shape index (κ2) is 10.2. The van der Waals surface area contributed by atoms with Crippen LogP contribution in [0.15, 0.2) is 22.7 Å². The zero-order valence-corrected chi connectivity index (χ0v) is 21.7. The van der Waals surface area contributed by atoms with Crippen LogP contribution < -0.4 is 4.74 Å². The van der Waals surface area contributed by atoms with Gasteiger partial charge in [-0.3, -0.25) is 5.41 Å². The topological polar surface area (TPSA) is 123 Å². The fourth-order valence-corrected chi connectivity index (χ4v) is 6.59. The van der Waals surface area contributed by atoms with Crippen molar-refractivity contribution in [2.24, 2.45) is 16.7 Å². The van der Waals surface area contributed by atoms with Crippen molar-refractivity contribution in [2.75, 3.05) is 6.61 Å². The van der Waals surface area contributed by atoms with Crippen molar-refractivity contribution in [1.29, 1.82) is 21.2 Å². The Hall–Kier alpha value is -2.60. The van der Waals surface area contributed by atoms with Crippen LogP contribution in [0, 0.1) is 56.2 Å². The highest BCUT2D eigenvalue weighted by molar-refractivity contribution is 9.10. The molecule has 0 amide bonds. The number of hydrogen-bond acceptors (Lipinski definition) is 7. The van der Waals surface area contributed by atoms with Gasteiger partial charge in [-0.05, 0) is 38.0 Å². The highest BCUT2D eigenvalue weighted by Gasteiger charge is 2.80. The van der Waals surface area contributed by atoms with Gasteiger partial charge in [0.15, 0.2) is 5.41 Å². The van der Waals surface area contributed by atoms with Crippen molar-refractivity contribution >= 4 is 21.8 Å². The van der Waals surface area contributed by atoms with E-state index in [-0.39, 0.29) is 5.90 Å². The third-order valence-electron chi connectivity index (χ3n) is 7.87. The Balaban J connectivity index is 1.93. The molecular weight excluding hydrogens is 508 g/mol. The summed E-state index contributed by atoms with van der Waals surface area (Å²) in [5.74, 6) is -1.65. The third-order valence-corrected chi connectivity index (χ3v) is 8.36. The second-order valence-electron chi connectivity index (χ2n) is 9.73. The maximum absolute atomic E-state index is 10.7. The maximum atomic E-state index is 10.7. The molecule has 0 aromatic heterocycles. The number of rotatable bonds is 3. The van der Waals surface area contributed by atoms with Gasteiger partial charge in [-0.15, -0.1) is 0 Å². The molecule has 2 saturated heterocycles. The van der Waals surface area contributed by atoms with Crippen molar-refractivity contribution in [1.82, 2.24) is 0 Å². The first kappa shape index (κ1) is 25.5. The first-order chi connectivity index (χ1) is 16.9. The van der Waals surface area contributed by atoms with Crippen LogP contribution in [0.25, 0.3) is 0 Å². The zero-order chi connectivity index (χ0) is 25.1. The quantitative estimate of drug-likeness (QED) is 0.456. The molecule has 0 spiro atoms. The predicted octanol–water partition coefficient (Wildman–Crippen LogP) is 6.70. The zero-order valence-electron chi connectivity index (χ0n) is 20.1. The van der Waals surface area contributed by atoms with Gasteiger partial charge >= 0.3 is 0 Å². The summed E-state index contributed by atoms with van der Waals surface area (Å²) in [6.07, 6.45) is 8.20. The summed E-state index contributed by atoms with van der Waals surface area (Å²) in [5, 5.41) is 40.7. The number of hydrogen-bond donors (Lipinski definition) is 1. The number of halogens is 1. The SMILES string of the molecule is CCOc1ccc(Br)cc1C1OC23CCCCCCCCCCC2C(C#N)(C(=N)O3)C1(C#N)C#N. The van der Waals surface area contributed by atoms with E-state index in [1.165, 1.54) is 12.8 Å². The molecule has 1 aliphatic carbocycles. The number of benzene rings is 1. The standard InChI is InChI=1S/C27H31BrN4O3/c1-2-33-21-13-12-19(28)15-20(21)23-25(16-29,17-30)26(18-31)22-11-9-7-5-3-4-6-8-10-14-27(22,34-23)35-24(26)32/h12-13,15,22-23,32H,2-11,14H2,1H3. The van der Waals surface area contributed by atoms with E-state index < -0.39 is 28.6 Å². The molecule has 3 aliphatic rings. The van der Waals surface area contributed by atoms with Crippen LogP contribution in [0.3, 0.4) is 0 Å². The first-order valence-electron chi connectivity index (χ1n) is 12.6. The first-order valence-corrected chi connectivity index (χ1v) is 13.4. The molecule has 4 rings (SSSR count). The lowest BCUT2D eigenvalue weighted by molar-refractivity contribution is -0.288. The van der Waals surface area contributed by atoms with E-state index >= 15 is 0 Å². The fraction of sp³-hybridized carbons (Fsp3) is 0.630. The van der Waals surface area contributed by atoms with Gasteiger partial charge in [0.25, 0.3) is 0 Å². The average molecular weight is 539 g/mol. The van der Waals surface area contributed by atoms with E-state index in [1.807, 2.05) is 13.0 Å². The van der Waals surface area contributed by atoms with Crippen LogP contribution in [-0.4, -0.2) is 18.3 Å². The number of nitrogens with one attached hydrogen (secondary N) is 1. The number of nitriles is 3. The van der Waals surface area contributed by atoms with Crippen molar-refractivity contribution in [3.63, 3.8) is 0 Å². The Labute approximate surface area is 215 Å². The van der Waals surface area contributed by atoms with E-state index in [0.717, 1.165) is 43.0 Å². The summed E-state index contributed by atoms with van der Waals surface area (Å²) in [4.78, 5) is 0. The molecule has 35 heavy (non-hydrogen) atoms. The van der Waals surface area contributed by atoms with Crippen LogP contribution >= 0.6 is 15.9 Å². The molecule has 4 unspecified atom stereocenters. The van der Waals surface area contributed by atoms with Gasteiger partial charge in [-0.1, -0.05) is 60.9 Å². The molecule has 7 nitrogen and oxygen atoms in total. The van der Waals surface area contributed by atoms with Crippen molar-refractivity contribution in [2.45, 2.75) is 83.0 Å². The molecule has 2 aliphatic heterocycles. The lowest BCUT2D eigenvalue weighted by atomic mass is 9.52. The molecule has 1 N–H and O–H groups in total. The summed E-state index contributed by atoms with van der Waals surface area (Å²) in [5.41, 5.74) is -3.21. The molecule has 1 saturated carbocycles. The minimum absolute atomic E-state index is 0.321. The molecule has 1 aromatic rings. The number of nitrogens with zero attached hydrogens (tertiary/aromatic N) is 3. The smallest absolute Gasteiger partial charge is 0.217 e. The average Bonchev–Trinajstić information content (AvgIpc) is 3.03. The Kier molecular flexibility index (Phi) is 7.41. The Morgan fingerprint density at radius 2 is 1.69 bits per heavy atom. The van der Waals surface area contributed by atoms with E-state index in [2.05, 4.69) is 34.1 Å². The predicted molar refractivity (Wildman–Crippen MR) is 132 cm³/mol. The number of ether oxygens (including phenoxy) is 3. The summed E-state index contributed by atoms with van der Waals surface area (Å²) in [6, 6.07) is 12.0. The molecule has 1 aromatic carbocycles. The molecule has 2 bridgehead atoms. The maximum Gasteiger partial charge on any atom is 0.217 e. The lowest BCUT2D eigenvalue weighted by Gasteiger charge is -2.50. The minimum Gasteiger partial charge on any atom is -0.493 e. The molecule has 4 atom stereocenters. The molecule has 184 valence electrons. The summed E-state index contributed by atoms with van der Waals surface area (Å²) >= 11 is 3.49. The van der Waals surface area contributed by atoms with Crippen molar-refractivity contribution in [3.8, 4) is 24.0 Å². The summed E-state index contributed by atoms with van der Waals surface area (Å²) in [7, 11) is 0. The van der Waals surface area contributed by atoms with E-state index in [0.29, 0.717) is 30.8 Å². The molecule has 8 heteroatoms. The van der Waals surface area contributed by atoms with Gasteiger partial charge in [0.2, 0.25) is 17.1 Å². The highest BCUT2D eigenvalue weighted by atomic mass is 79.9. The van der Waals surface area contributed by atoms with Gasteiger partial charge < -0.3 is 14.2 Å². The highest BCUT2D eigenvalue weighted by Crippen LogP contribution is 2.69. The lowest BCUT2D eigenvalue weighted by Crippen LogP contribution is -2.59. The monoisotopic (exact) mass is 538 g/mol. The molecule has 3 fully saturated rings. The van der Waals surface area contributed by atoms with Gasteiger partial charge in [0.05, 0.1) is 30.7 Å². The van der Waals surface area contributed by atoms with Crippen LogP contribution in [-0.2, 0) is 9.47 Å². The summed E-state index contributed by atoms with van der Waals surface area (Å²) in [6.45, 7) is 2.24. The van der Waals surface area contributed by atoms with Crippen LogP contribution in [0.2, 0.25) is 0 Å². The summed E-state index contributed by atoms with van der Waals surface area (Å²) < 4.78 is 19.5. The van der Waals surface area contributed by atoms with E-state index in [9.17, 15) is 15.8 Å². The van der Waals surface area contributed by atoms with Gasteiger partial charge in [-0.2, -0.15) is 15.8 Å². The molecular formula is C27H31BrN4O3. The van der Waals surface area contributed by atoms with Crippen molar-refractivity contribution in [3.05, 3.63) is 28.2 Å².